The van der Waals surface area contributed by atoms with Crippen LogP contribution in [0.25, 0.3) is 0 Å². The Morgan fingerprint density at radius 1 is 1.15 bits per heavy atom. The molecule has 0 aliphatic heterocycles. The summed E-state index contributed by atoms with van der Waals surface area (Å²) in [6, 6.07) is 5.63. The minimum atomic E-state index is -0.997. The fraction of sp³-hybridized carbons (Fsp3) is 0.600. The van der Waals surface area contributed by atoms with E-state index in [0.29, 0.717) is 12.1 Å². The number of unbranched alkanes of at least 4 members (excludes halogenated alkanes) is 2. The highest BCUT2D eigenvalue weighted by Gasteiger charge is 2.36. The van der Waals surface area contributed by atoms with E-state index in [1.165, 1.54) is 11.8 Å². The average molecular weight is 459 g/mol. The van der Waals surface area contributed by atoms with Crippen LogP contribution in [0.2, 0.25) is 0 Å². The van der Waals surface area contributed by atoms with Crippen molar-refractivity contribution in [1.82, 2.24) is 15.5 Å². The molecule has 2 N–H and O–H groups in total. The number of benzene rings is 1. The maximum absolute atomic E-state index is 13.4. The first kappa shape index (κ1) is 28.0. The van der Waals surface area contributed by atoms with Gasteiger partial charge in [0.2, 0.25) is 11.8 Å². The van der Waals surface area contributed by atoms with Gasteiger partial charge in [0, 0.05) is 6.54 Å². The largest absolute Gasteiger partial charge is 0.444 e. The van der Waals surface area contributed by atoms with Gasteiger partial charge < -0.3 is 20.3 Å². The number of amides is 3. The Hall–Kier alpha value is -3.08. The molecule has 182 valence electrons. The molecule has 8 nitrogen and oxygen atoms in total. The van der Waals surface area contributed by atoms with Crippen LogP contribution in [0.1, 0.15) is 76.6 Å². The van der Waals surface area contributed by atoms with E-state index in [1.807, 2.05) is 38.1 Å². The van der Waals surface area contributed by atoms with E-state index in [-0.39, 0.29) is 12.5 Å². The van der Waals surface area contributed by atoms with Crippen molar-refractivity contribution in [2.75, 3.05) is 13.1 Å². The lowest BCUT2D eigenvalue weighted by molar-refractivity contribution is -0.141. The number of ether oxygens (including phenoxy) is 1. The lowest BCUT2D eigenvalue weighted by atomic mass is 9.93. The zero-order valence-electron chi connectivity index (χ0n) is 20.9. The number of carbonyl (C=O) groups is 3. The van der Waals surface area contributed by atoms with Crippen LogP contribution in [-0.4, -0.2) is 47.5 Å². The molecule has 33 heavy (non-hydrogen) atoms. The summed E-state index contributed by atoms with van der Waals surface area (Å²) < 4.78 is 5.24. The molecule has 2 unspecified atom stereocenters. The Morgan fingerprint density at radius 3 is 2.27 bits per heavy atom. The smallest absolute Gasteiger partial charge is 0.408 e. The second-order valence-corrected chi connectivity index (χ2v) is 9.20. The fourth-order valence-electron chi connectivity index (χ4n) is 3.54. The number of hydrogen-bond donors (Lipinski definition) is 2. The quantitative estimate of drug-likeness (QED) is 0.408. The van der Waals surface area contributed by atoms with E-state index in [9.17, 15) is 19.6 Å². The van der Waals surface area contributed by atoms with E-state index in [1.54, 1.807) is 20.8 Å². The topological polar surface area (TPSA) is 112 Å². The molecule has 3 amide bonds. The third kappa shape index (κ3) is 8.76. The lowest BCUT2D eigenvalue weighted by Crippen LogP contribution is -2.52. The van der Waals surface area contributed by atoms with Gasteiger partial charge in [-0.3, -0.25) is 9.59 Å². The van der Waals surface area contributed by atoms with Gasteiger partial charge in [-0.15, -0.1) is 0 Å². The monoisotopic (exact) mass is 458 g/mol. The van der Waals surface area contributed by atoms with Crippen molar-refractivity contribution in [2.24, 2.45) is 0 Å². The van der Waals surface area contributed by atoms with Gasteiger partial charge in [0.15, 0.2) is 0 Å². The van der Waals surface area contributed by atoms with Crippen LogP contribution in [0, 0.1) is 25.2 Å². The van der Waals surface area contributed by atoms with Crippen LogP contribution in [0.5, 0.6) is 0 Å². The third-order valence-corrected chi connectivity index (χ3v) is 5.08. The Bertz CT molecular complexity index is 850. The van der Waals surface area contributed by atoms with E-state index in [0.717, 1.165) is 30.4 Å². The Labute approximate surface area is 197 Å². The summed E-state index contributed by atoms with van der Waals surface area (Å²) in [6.45, 7) is 12.7. The van der Waals surface area contributed by atoms with Crippen molar-refractivity contribution in [3.63, 3.8) is 0 Å². The molecule has 8 heteroatoms. The number of hydrogen-bond acceptors (Lipinski definition) is 5. The van der Waals surface area contributed by atoms with Gasteiger partial charge in [-0.05, 0) is 64.7 Å². The van der Waals surface area contributed by atoms with Crippen LogP contribution < -0.4 is 10.6 Å². The lowest BCUT2D eigenvalue weighted by Gasteiger charge is -2.33. The normalized spacial score (nSPS) is 12.8. The highest BCUT2D eigenvalue weighted by molar-refractivity contribution is 5.92. The van der Waals surface area contributed by atoms with E-state index in [2.05, 4.69) is 17.6 Å². The number of rotatable bonds is 10. The molecule has 0 saturated carbocycles. The minimum absolute atomic E-state index is 0.306. The van der Waals surface area contributed by atoms with Gasteiger partial charge in [-0.2, -0.15) is 5.26 Å². The van der Waals surface area contributed by atoms with Gasteiger partial charge in [-0.25, -0.2) is 4.79 Å². The van der Waals surface area contributed by atoms with Gasteiger partial charge in [-0.1, -0.05) is 38.0 Å². The first-order valence-corrected chi connectivity index (χ1v) is 11.4. The van der Waals surface area contributed by atoms with Gasteiger partial charge in [0.1, 0.15) is 24.2 Å². The zero-order chi connectivity index (χ0) is 25.2. The molecule has 1 rings (SSSR count). The van der Waals surface area contributed by atoms with Crippen molar-refractivity contribution in [3.8, 4) is 6.07 Å². The summed E-state index contributed by atoms with van der Waals surface area (Å²) >= 11 is 0. The van der Waals surface area contributed by atoms with Crippen molar-refractivity contribution in [1.29, 1.82) is 5.26 Å². The Morgan fingerprint density at radius 2 is 1.76 bits per heavy atom. The standard InChI is InChI=1S/C25H38N4O4/c1-8-9-10-15-27-22(30)21(20-17(2)12-11-13-18(20)3)29(16-14-26)23(31)19(4)28-24(32)33-25(5,6)7/h11-13,19,21H,8-10,15-16H2,1-7H3,(H,27,30)(H,28,32). The SMILES string of the molecule is CCCCCNC(=O)C(c1c(C)cccc1C)N(CC#N)C(=O)C(C)NC(=O)OC(C)(C)C. The second-order valence-electron chi connectivity index (χ2n) is 9.20. The minimum Gasteiger partial charge on any atom is -0.444 e. The summed E-state index contributed by atoms with van der Waals surface area (Å²) in [5.41, 5.74) is 1.64. The molecule has 1 aromatic rings. The predicted molar refractivity (Wildman–Crippen MR) is 127 cm³/mol. The number of alkyl carbamates (subject to hydrolysis) is 1. The molecule has 0 aliphatic rings. The van der Waals surface area contributed by atoms with Crippen LogP contribution >= 0.6 is 0 Å². The molecule has 0 aromatic heterocycles. The number of aryl methyl sites for hydroxylation is 2. The van der Waals surface area contributed by atoms with Gasteiger partial charge >= 0.3 is 6.09 Å². The van der Waals surface area contributed by atoms with Crippen LogP contribution in [0.15, 0.2) is 18.2 Å². The molecule has 0 heterocycles. The molecular formula is C25H38N4O4. The van der Waals surface area contributed by atoms with Gasteiger partial charge in [0.05, 0.1) is 6.07 Å². The van der Waals surface area contributed by atoms with Gasteiger partial charge in [0.25, 0.3) is 0 Å². The Balaban J connectivity index is 3.29. The highest BCUT2D eigenvalue weighted by atomic mass is 16.6. The highest BCUT2D eigenvalue weighted by Crippen LogP contribution is 2.28. The van der Waals surface area contributed by atoms with E-state index < -0.39 is 29.7 Å². The summed E-state index contributed by atoms with van der Waals surface area (Å²) in [5, 5.41) is 14.9. The van der Waals surface area contributed by atoms with Crippen molar-refractivity contribution in [3.05, 3.63) is 34.9 Å². The summed E-state index contributed by atoms with van der Waals surface area (Å²) in [7, 11) is 0. The maximum Gasteiger partial charge on any atom is 0.408 e. The molecule has 0 bridgehead atoms. The van der Waals surface area contributed by atoms with Crippen LogP contribution in [0.3, 0.4) is 0 Å². The first-order chi connectivity index (χ1) is 15.4. The molecule has 0 aliphatic carbocycles. The van der Waals surface area contributed by atoms with E-state index >= 15 is 0 Å². The van der Waals surface area contributed by atoms with Crippen molar-refractivity contribution >= 4 is 17.9 Å². The summed E-state index contributed by atoms with van der Waals surface area (Å²) in [6.07, 6.45) is 2.08. The van der Waals surface area contributed by atoms with Crippen molar-refractivity contribution < 1.29 is 19.1 Å². The predicted octanol–water partition coefficient (Wildman–Crippen LogP) is 3.92. The second kappa shape index (κ2) is 12.8. The molecule has 1 aromatic carbocycles. The third-order valence-electron chi connectivity index (χ3n) is 5.08. The van der Waals surface area contributed by atoms with Crippen LogP contribution in [0.4, 0.5) is 4.79 Å². The maximum atomic E-state index is 13.4. The molecule has 0 saturated heterocycles. The number of nitriles is 1. The molecular weight excluding hydrogens is 420 g/mol. The van der Waals surface area contributed by atoms with Crippen molar-refractivity contribution in [2.45, 2.75) is 85.4 Å². The molecule has 0 spiro atoms. The molecule has 0 radical (unpaired) electrons. The summed E-state index contributed by atoms with van der Waals surface area (Å²) in [4.78, 5) is 40.1. The fourth-order valence-corrected chi connectivity index (χ4v) is 3.54. The summed E-state index contributed by atoms with van der Waals surface area (Å²) in [5.74, 6) is -0.893. The first-order valence-electron chi connectivity index (χ1n) is 11.4. The average Bonchev–Trinajstić information content (AvgIpc) is 2.70. The molecule has 0 fully saturated rings. The number of carbonyl (C=O) groups excluding carboxylic acids is 3. The zero-order valence-corrected chi connectivity index (χ0v) is 20.9. The molecule has 2 atom stereocenters. The van der Waals surface area contributed by atoms with Crippen LogP contribution in [-0.2, 0) is 14.3 Å². The van der Waals surface area contributed by atoms with E-state index in [4.69, 9.17) is 4.74 Å². The number of nitrogens with zero attached hydrogens (tertiary/aromatic N) is 2. The number of nitrogens with one attached hydrogen (secondary N) is 2. The Kier molecular flexibility index (Phi) is 10.9.